The molecule has 1 aromatic heterocycles. The zero-order valence-electron chi connectivity index (χ0n) is 17.3. The first-order chi connectivity index (χ1) is 15.0. The Kier molecular flexibility index (Phi) is 6.47. The molecule has 1 heterocycles. The van der Waals surface area contributed by atoms with E-state index in [1.54, 1.807) is 19.1 Å². The van der Waals surface area contributed by atoms with E-state index in [9.17, 15) is 14.0 Å². The van der Waals surface area contributed by atoms with Gasteiger partial charge in [0, 0.05) is 4.88 Å². The van der Waals surface area contributed by atoms with E-state index in [4.69, 9.17) is 4.74 Å². The van der Waals surface area contributed by atoms with E-state index in [1.807, 2.05) is 18.2 Å². The Balaban J connectivity index is 1.58. The highest BCUT2D eigenvalue weighted by molar-refractivity contribution is 7.17. The first-order valence-electron chi connectivity index (χ1n) is 10.5. The van der Waals surface area contributed by atoms with Gasteiger partial charge in [0.15, 0.2) is 0 Å². The number of rotatable bonds is 6. The predicted octanol–water partition coefficient (Wildman–Crippen LogP) is 5.52. The molecule has 0 saturated heterocycles. The van der Waals surface area contributed by atoms with Crippen molar-refractivity contribution in [3.05, 3.63) is 87.5 Å². The topological polar surface area (TPSA) is 55.4 Å². The Morgan fingerprint density at radius 2 is 1.87 bits per heavy atom. The number of carbonyl (C=O) groups is 2. The second-order valence-corrected chi connectivity index (χ2v) is 8.74. The van der Waals surface area contributed by atoms with Crippen molar-refractivity contribution >= 4 is 28.2 Å². The van der Waals surface area contributed by atoms with Gasteiger partial charge in [0.25, 0.3) is 0 Å². The third-order valence-corrected chi connectivity index (χ3v) is 6.72. The van der Waals surface area contributed by atoms with Gasteiger partial charge in [-0.05, 0) is 60.9 Å². The van der Waals surface area contributed by atoms with Crippen LogP contribution in [0.15, 0.2) is 54.6 Å². The van der Waals surface area contributed by atoms with Crippen LogP contribution < -0.4 is 5.32 Å². The lowest BCUT2D eigenvalue weighted by atomic mass is 9.83. The van der Waals surface area contributed by atoms with E-state index >= 15 is 0 Å². The normalized spacial score (nSPS) is 15.2. The third kappa shape index (κ3) is 4.85. The molecule has 1 amide bonds. The largest absolute Gasteiger partial charge is 0.462 e. The van der Waals surface area contributed by atoms with Gasteiger partial charge in [-0.2, -0.15) is 0 Å². The van der Waals surface area contributed by atoms with E-state index in [-0.39, 0.29) is 24.8 Å². The SMILES string of the molecule is CCOC(=O)c1c(NC(=O)Cc2ccc(F)cc2)sc2c1CC[C@H](c1ccccc1)C2. The summed E-state index contributed by atoms with van der Waals surface area (Å²) in [4.78, 5) is 26.5. The predicted molar refractivity (Wildman–Crippen MR) is 120 cm³/mol. The molecule has 1 aliphatic rings. The molecule has 1 N–H and O–H groups in total. The minimum absolute atomic E-state index is 0.109. The van der Waals surface area contributed by atoms with Crippen LogP contribution in [0.3, 0.4) is 0 Å². The number of esters is 1. The maximum absolute atomic E-state index is 13.1. The lowest BCUT2D eigenvalue weighted by Gasteiger charge is -2.23. The highest BCUT2D eigenvalue weighted by Gasteiger charge is 2.30. The number of anilines is 1. The Labute approximate surface area is 185 Å². The quantitative estimate of drug-likeness (QED) is 0.517. The van der Waals surface area contributed by atoms with Crippen molar-refractivity contribution in [3.8, 4) is 0 Å². The molecule has 0 saturated carbocycles. The molecular formula is C25H24FNO3S. The lowest BCUT2D eigenvalue weighted by Crippen LogP contribution is -2.18. The van der Waals surface area contributed by atoms with Crippen LogP contribution in [0.25, 0.3) is 0 Å². The summed E-state index contributed by atoms with van der Waals surface area (Å²) in [7, 11) is 0. The highest BCUT2D eigenvalue weighted by atomic mass is 32.1. The third-order valence-electron chi connectivity index (χ3n) is 5.55. The van der Waals surface area contributed by atoms with Crippen molar-refractivity contribution in [2.45, 2.75) is 38.5 Å². The molecule has 1 atom stereocenters. The Bertz CT molecular complexity index is 1080. The van der Waals surface area contributed by atoms with Crippen LogP contribution in [0.4, 0.5) is 9.39 Å². The van der Waals surface area contributed by atoms with Gasteiger partial charge in [0.2, 0.25) is 5.91 Å². The van der Waals surface area contributed by atoms with Crippen molar-refractivity contribution in [1.82, 2.24) is 0 Å². The van der Waals surface area contributed by atoms with Gasteiger partial charge in [0.05, 0.1) is 18.6 Å². The van der Waals surface area contributed by atoms with Gasteiger partial charge in [-0.25, -0.2) is 9.18 Å². The summed E-state index contributed by atoms with van der Waals surface area (Å²) in [5.41, 5.74) is 3.48. The molecule has 0 radical (unpaired) electrons. The maximum atomic E-state index is 13.1. The van der Waals surface area contributed by atoms with E-state index in [1.165, 1.54) is 29.0 Å². The first kappa shape index (κ1) is 21.2. The Morgan fingerprint density at radius 3 is 2.58 bits per heavy atom. The van der Waals surface area contributed by atoms with Crippen LogP contribution in [-0.2, 0) is 28.8 Å². The molecule has 2 aromatic carbocycles. The number of hydrogen-bond donors (Lipinski definition) is 1. The van der Waals surface area contributed by atoms with Crippen LogP contribution >= 0.6 is 11.3 Å². The maximum Gasteiger partial charge on any atom is 0.341 e. The van der Waals surface area contributed by atoms with Gasteiger partial charge in [0.1, 0.15) is 10.8 Å². The first-order valence-corrected chi connectivity index (χ1v) is 11.3. The molecule has 0 spiro atoms. The molecule has 0 bridgehead atoms. The van der Waals surface area contributed by atoms with Crippen molar-refractivity contribution in [2.24, 2.45) is 0 Å². The number of amides is 1. The highest BCUT2D eigenvalue weighted by Crippen LogP contribution is 2.42. The van der Waals surface area contributed by atoms with Crippen molar-refractivity contribution in [2.75, 3.05) is 11.9 Å². The minimum atomic E-state index is -0.393. The zero-order valence-corrected chi connectivity index (χ0v) is 18.1. The number of carbonyl (C=O) groups excluding carboxylic acids is 2. The summed E-state index contributed by atoms with van der Waals surface area (Å²) >= 11 is 1.46. The molecule has 0 fully saturated rings. The monoisotopic (exact) mass is 437 g/mol. The van der Waals surface area contributed by atoms with E-state index in [2.05, 4.69) is 17.4 Å². The summed E-state index contributed by atoms with van der Waals surface area (Å²) in [6.07, 6.45) is 2.67. The van der Waals surface area contributed by atoms with E-state index < -0.39 is 5.97 Å². The summed E-state index contributed by atoms with van der Waals surface area (Å²) in [5.74, 6) is -0.580. The zero-order chi connectivity index (χ0) is 21.8. The summed E-state index contributed by atoms with van der Waals surface area (Å²) < 4.78 is 18.4. The number of hydrogen-bond acceptors (Lipinski definition) is 4. The molecular weight excluding hydrogens is 413 g/mol. The van der Waals surface area contributed by atoms with Crippen LogP contribution in [0.5, 0.6) is 0 Å². The standard InChI is InChI=1S/C25H24FNO3S/c1-2-30-25(29)23-20-13-10-18(17-6-4-3-5-7-17)15-21(20)31-24(23)27-22(28)14-16-8-11-19(26)12-9-16/h3-9,11-12,18H,2,10,13-15H2,1H3,(H,27,28)/t18-/m0/s1. The van der Waals surface area contributed by atoms with Gasteiger partial charge in [-0.1, -0.05) is 42.5 Å². The van der Waals surface area contributed by atoms with Crippen LogP contribution in [0.2, 0.25) is 0 Å². The average Bonchev–Trinajstić information content (AvgIpc) is 3.13. The van der Waals surface area contributed by atoms with Gasteiger partial charge in [-0.15, -0.1) is 11.3 Å². The van der Waals surface area contributed by atoms with Crippen LogP contribution in [0.1, 0.15) is 51.2 Å². The van der Waals surface area contributed by atoms with Gasteiger partial charge < -0.3 is 10.1 Å². The fourth-order valence-corrected chi connectivity index (χ4v) is 5.39. The number of ether oxygens (including phenoxy) is 1. The molecule has 6 heteroatoms. The van der Waals surface area contributed by atoms with E-state index in [0.717, 1.165) is 29.7 Å². The van der Waals surface area contributed by atoms with Crippen LogP contribution in [0, 0.1) is 5.82 Å². The van der Waals surface area contributed by atoms with Crippen molar-refractivity contribution in [3.63, 3.8) is 0 Å². The smallest absolute Gasteiger partial charge is 0.341 e. The summed E-state index contributed by atoms with van der Waals surface area (Å²) in [6, 6.07) is 16.2. The minimum Gasteiger partial charge on any atom is -0.462 e. The summed E-state index contributed by atoms with van der Waals surface area (Å²) in [5, 5.41) is 3.46. The van der Waals surface area contributed by atoms with Gasteiger partial charge in [-0.3, -0.25) is 4.79 Å². The molecule has 4 nitrogen and oxygen atoms in total. The second kappa shape index (κ2) is 9.43. The fraction of sp³-hybridized carbons (Fsp3) is 0.280. The molecule has 1 aliphatic carbocycles. The number of fused-ring (bicyclic) bond motifs is 1. The van der Waals surface area contributed by atoms with Crippen molar-refractivity contribution < 1.29 is 18.7 Å². The Morgan fingerprint density at radius 1 is 1.13 bits per heavy atom. The number of halogens is 1. The van der Waals surface area contributed by atoms with E-state index in [0.29, 0.717) is 22.0 Å². The molecule has 3 aromatic rings. The Hall–Kier alpha value is -2.99. The van der Waals surface area contributed by atoms with Crippen LogP contribution in [-0.4, -0.2) is 18.5 Å². The van der Waals surface area contributed by atoms with Gasteiger partial charge >= 0.3 is 5.97 Å². The number of thiophene rings is 1. The molecule has 4 rings (SSSR count). The fourth-order valence-electron chi connectivity index (χ4n) is 4.06. The summed E-state index contributed by atoms with van der Waals surface area (Å²) in [6.45, 7) is 2.05. The molecule has 0 aliphatic heterocycles. The number of benzene rings is 2. The second-order valence-electron chi connectivity index (χ2n) is 7.63. The number of nitrogens with one attached hydrogen (secondary N) is 1. The molecule has 0 unspecified atom stereocenters. The lowest BCUT2D eigenvalue weighted by molar-refractivity contribution is -0.115. The molecule has 160 valence electrons. The molecule has 31 heavy (non-hydrogen) atoms. The average molecular weight is 438 g/mol. The van der Waals surface area contributed by atoms with Crippen molar-refractivity contribution in [1.29, 1.82) is 0 Å².